The molecule has 1 fully saturated rings. The Morgan fingerprint density at radius 2 is 2.33 bits per heavy atom. The predicted molar refractivity (Wildman–Crippen MR) is 97.3 cm³/mol. The van der Waals surface area contributed by atoms with Gasteiger partial charge in [0.25, 0.3) is 0 Å². The number of piperidine rings is 1. The number of aromatic nitrogens is 2. The van der Waals surface area contributed by atoms with Gasteiger partial charge in [-0.25, -0.2) is 0 Å². The van der Waals surface area contributed by atoms with Gasteiger partial charge >= 0.3 is 0 Å². The van der Waals surface area contributed by atoms with E-state index in [1.807, 2.05) is 29.3 Å². The van der Waals surface area contributed by atoms with Crippen LogP contribution in [0.1, 0.15) is 47.6 Å². The van der Waals surface area contributed by atoms with E-state index in [1.54, 1.807) is 4.88 Å². The van der Waals surface area contributed by atoms with Gasteiger partial charge in [-0.05, 0) is 37.8 Å². The van der Waals surface area contributed by atoms with Crippen LogP contribution in [0.5, 0.6) is 0 Å². The van der Waals surface area contributed by atoms with Crippen molar-refractivity contribution in [2.45, 2.75) is 57.7 Å². The molecular weight excluding hydrogens is 318 g/mol. The number of ether oxygens (including phenoxy) is 1. The molecule has 0 N–H and O–H groups in total. The van der Waals surface area contributed by atoms with Gasteiger partial charge in [-0.3, -0.25) is 9.58 Å². The number of thiophene rings is 1. The Balaban J connectivity index is 1.53. The summed E-state index contributed by atoms with van der Waals surface area (Å²) in [4.78, 5) is 5.66. The fourth-order valence-corrected chi connectivity index (χ4v) is 5.48. The molecule has 130 valence electrons. The predicted octanol–water partition coefficient (Wildman–Crippen LogP) is 3.50. The molecule has 0 radical (unpaired) electrons. The summed E-state index contributed by atoms with van der Waals surface area (Å²) in [5.74, 6) is 0. The Morgan fingerprint density at radius 3 is 3.04 bits per heavy atom. The molecule has 1 saturated heterocycles. The van der Waals surface area contributed by atoms with Crippen LogP contribution < -0.4 is 0 Å². The standard InChI is InChI=1S/C19H27N3OS/c1-4-16-9-17-18(24-16)5-8-23-19(17)6-7-22(14(2)10-19)13-15-11-20-21(3)12-15/h9,11-12,14H,4-8,10,13H2,1-3H3/t14-,19+/m1/s1. The third kappa shape index (κ3) is 2.83. The van der Waals surface area contributed by atoms with Gasteiger partial charge in [-0.2, -0.15) is 5.10 Å². The van der Waals surface area contributed by atoms with Crippen LogP contribution in [-0.2, 0) is 36.8 Å². The van der Waals surface area contributed by atoms with Crippen molar-refractivity contribution in [2.75, 3.05) is 13.2 Å². The smallest absolute Gasteiger partial charge is 0.0969 e. The minimum Gasteiger partial charge on any atom is -0.370 e. The van der Waals surface area contributed by atoms with Gasteiger partial charge in [-0.1, -0.05) is 6.92 Å². The van der Waals surface area contributed by atoms with E-state index in [2.05, 4.69) is 36.1 Å². The van der Waals surface area contributed by atoms with Crippen LogP contribution in [0.3, 0.4) is 0 Å². The quantitative estimate of drug-likeness (QED) is 0.853. The third-order valence-electron chi connectivity index (χ3n) is 5.60. The highest BCUT2D eigenvalue weighted by molar-refractivity contribution is 7.12. The van der Waals surface area contributed by atoms with Crippen LogP contribution in [0.25, 0.3) is 0 Å². The van der Waals surface area contributed by atoms with Crippen molar-refractivity contribution in [3.05, 3.63) is 39.3 Å². The van der Waals surface area contributed by atoms with Crippen molar-refractivity contribution in [1.29, 1.82) is 0 Å². The second-order valence-corrected chi connectivity index (χ2v) is 8.51. The maximum absolute atomic E-state index is 6.43. The Labute approximate surface area is 148 Å². The molecule has 5 heteroatoms. The Kier molecular flexibility index (Phi) is 4.27. The lowest BCUT2D eigenvalue weighted by molar-refractivity contribution is -0.112. The zero-order chi connectivity index (χ0) is 16.7. The first-order valence-electron chi connectivity index (χ1n) is 9.07. The average molecular weight is 346 g/mol. The lowest BCUT2D eigenvalue weighted by Gasteiger charge is -2.47. The van der Waals surface area contributed by atoms with Crippen LogP contribution in [0.4, 0.5) is 0 Å². The summed E-state index contributed by atoms with van der Waals surface area (Å²) in [6.45, 7) is 7.56. The fraction of sp³-hybridized carbons (Fsp3) is 0.632. The highest BCUT2D eigenvalue weighted by Gasteiger charge is 2.44. The molecule has 2 aromatic rings. The Bertz CT molecular complexity index is 722. The minimum atomic E-state index is -0.0393. The summed E-state index contributed by atoms with van der Waals surface area (Å²) in [5, 5.41) is 4.30. The SMILES string of the molecule is CCc1cc2c(s1)CCO[C@]21CCN(Cc2cnn(C)c2)[C@H](C)C1. The lowest BCUT2D eigenvalue weighted by atomic mass is 9.79. The number of aryl methyl sites for hydroxylation is 2. The number of hydrogen-bond acceptors (Lipinski definition) is 4. The maximum atomic E-state index is 6.43. The second-order valence-electron chi connectivity index (χ2n) is 7.29. The number of fused-ring (bicyclic) bond motifs is 2. The fourth-order valence-electron chi connectivity index (χ4n) is 4.30. The maximum Gasteiger partial charge on any atom is 0.0969 e. The molecular formula is C19H27N3OS. The number of hydrogen-bond donors (Lipinski definition) is 0. The van der Waals surface area contributed by atoms with E-state index in [9.17, 15) is 0 Å². The molecule has 0 aromatic carbocycles. The summed E-state index contributed by atoms with van der Waals surface area (Å²) >= 11 is 2.01. The van der Waals surface area contributed by atoms with Crippen molar-refractivity contribution in [3.8, 4) is 0 Å². The normalized spacial score (nSPS) is 27.5. The Morgan fingerprint density at radius 1 is 1.46 bits per heavy atom. The monoisotopic (exact) mass is 345 g/mol. The largest absolute Gasteiger partial charge is 0.370 e. The van der Waals surface area contributed by atoms with Gasteiger partial charge in [0.05, 0.1) is 18.4 Å². The summed E-state index contributed by atoms with van der Waals surface area (Å²) in [6, 6.07) is 2.96. The van der Waals surface area contributed by atoms with E-state index in [0.717, 1.165) is 45.4 Å². The van der Waals surface area contributed by atoms with Crippen LogP contribution in [0.2, 0.25) is 0 Å². The van der Waals surface area contributed by atoms with Crippen molar-refractivity contribution < 1.29 is 4.74 Å². The summed E-state index contributed by atoms with van der Waals surface area (Å²) in [7, 11) is 1.98. The van der Waals surface area contributed by atoms with Crippen LogP contribution in [-0.4, -0.2) is 33.9 Å². The highest BCUT2D eigenvalue weighted by atomic mass is 32.1. The zero-order valence-corrected chi connectivity index (χ0v) is 15.7. The van der Waals surface area contributed by atoms with Crippen LogP contribution in [0, 0.1) is 0 Å². The van der Waals surface area contributed by atoms with Gasteiger partial charge in [0.1, 0.15) is 0 Å². The molecule has 4 rings (SSSR count). The van der Waals surface area contributed by atoms with E-state index in [4.69, 9.17) is 4.74 Å². The first kappa shape index (κ1) is 16.3. The molecule has 0 saturated carbocycles. The minimum absolute atomic E-state index is 0.0393. The third-order valence-corrected chi connectivity index (χ3v) is 6.94. The van der Waals surface area contributed by atoms with Gasteiger partial charge in [0, 0.05) is 54.1 Å². The van der Waals surface area contributed by atoms with Gasteiger partial charge in [0.15, 0.2) is 0 Å². The molecule has 2 aliphatic heterocycles. The Hall–Kier alpha value is -1.17. The average Bonchev–Trinajstić information content (AvgIpc) is 3.17. The molecule has 1 spiro atoms. The summed E-state index contributed by atoms with van der Waals surface area (Å²) < 4.78 is 8.32. The lowest BCUT2D eigenvalue weighted by Crippen LogP contribution is -2.50. The molecule has 2 atom stereocenters. The van der Waals surface area contributed by atoms with Gasteiger partial charge in [-0.15, -0.1) is 11.3 Å². The van der Waals surface area contributed by atoms with Crippen molar-refractivity contribution in [2.24, 2.45) is 7.05 Å². The first-order chi connectivity index (χ1) is 11.6. The molecule has 24 heavy (non-hydrogen) atoms. The summed E-state index contributed by atoms with van der Waals surface area (Å²) in [5.41, 5.74) is 2.76. The molecule has 2 aliphatic rings. The van der Waals surface area contributed by atoms with Crippen molar-refractivity contribution >= 4 is 11.3 Å². The molecule has 0 amide bonds. The molecule has 4 heterocycles. The molecule has 0 aliphatic carbocycles. The second kappa shape index (κ2) is 6.28. The van der Waals surface area contributed by atoms with Crippen LogP contribution >= 0.6 is 11.3 Å². The van der Waals surface area contributed by atoms with Crippen LogP contribution in [0.15, 0.2) is 18.5 Å². The van der Waals surface area contributed by atoms with E-state index >= 15 is 0 Å². The van der Waals surface area contributed by atoms with Crippen molar-refractivity contribution in [1.82, 2.24) is 14.7 Å². The number of rotatable bonds is 3. The highest BCUT2D eigenvalue weighted by Crippen LogP contribution is 2.46. The zero-order valence-electron chi connectivity index (χ0n) is 14.9. The van der Waals surface area contributed by atoms with Crippen molar-refractivity contribution in [3.63, 3.8) is 0 Å². The van der Waals surface area contributed by atoms with Gasteiger partial charge < -0.3 is 4.74 Å². The molecule has 2 aromatic heterocycles. The number of nitrogens with zero attached hydrogens (tertiary/aromatic N) is 3. The molecule has 0 unspecified atom stereocenters. The number of likely N-dealkylation sites (tertiary alicyclic amines) is 1. The topological polar surface area (TPSA) is 30.3 Å². The van der Waals surface area contributed by atoms with E-state index < -0.39 is 0 Å². The van der Waals surface area contributed by atoms with E-state index in [0.29, 0.717) is 6.04 Å². The van der Waals surface area contributed by atoms with E-state index in [1.165, 1.54) is 16.0 Å². The van der Waals surface area contributed by atoms with Gasteiger partial charge in [0.2, 0.25) is 0 Å². The first-order valence-corrected chi connectivity index (χ1v) is 9.89. The summed E-state index contributed by atoms with van der Waals surface area (Å²) in [6.07, 6.45) is 8.54. The molecule has 4 nitrogen and oxygen atoms in total. The van der Waals surface area contributed by atoms with E-state index in [-0.39, 0.29) is 5.60 Å². The molecule has 0 bridgehead atoms.